The van der Waals surface area contributed by atoms with E-state index in [2.05, 4.69) is 12.2 Å². The average molecular weight is 309 g/mol. The van der Waals surface area contributed by atoms with Gasteiger partial charge in [-0.15, -0.1) is 0 Å². The second kappa shape index (κ2) is 6.99. The third-order valence-corrected chi connectivity index (χ3v) is 5.51. The van der Waals surface area contributed by atoms with Gasteiger partial charge in [-0.25, -0.2) is 0 Å². The fraction of sp³-hybridized carbons (Fsp3) is 0.882. The summed E-state index contributed by atoms with van der Waals surface area (Å²) in [6.45, 7) is 8.52. The third-order valence-electron chi connectivity index (χ3n) is 5.51. The highest BCUT2D eigenvalue weighted by molar-refractivity contribution is 5.87. The zero-order valence-electron chi connectivity index (χ0n) is 14.5. The van der Waals surface area contributed by atoms with Crippen LogP contribution in [0, 0.1) is 5.92 Å². The van der Waals surface area contributed by atoms with Crippen molar-refractivity contribution in [2.24, 2.45) is 5.92 Å². The first-order valence-electron chi connectivity index (χ1n) is 8.72. The maximum absolute atomic E-state index is 12.8. The van der Waals surface area contributed by atoms with Gasteiger partial charge in [0.2, 0.25) is 11.8 Å². The Hall–Kier alpha value is -1.10. The summed E-state index contributed by atoms with van der Waals surface area (Å²) in [6, 6.07) is 0.234. The number of piperidine rings is 1. The Labute approximate surface area is 134 Å². The summed E-state index contributed by atoms with van der Waals surface area (Å²) in [6.07, 6.45) is 4.45. The molecule has 2 heterocycles. The van der Waals surface area contributed by atoms with Crippen LogP contribution in [0.4, 0.5) is 0 Å². The molecule has 0 aliphatic carbocycles. The monoisotopic (exact) mass is 309 g/mol. The minimum absolute atomic E-state index is 0.0746. The molecule has 0 aromatic rings. The molecule has 2 amide bonds. The van der Waals surface area contributed by atoms with Crippen molar-refractivity contribution < 1.29 is 9.59 Å². The van der Waals surface area contributed by atoms with Gasteiger partial charge in [-0.2, -0.15) is 0 Å². The van der Waals surface area contributed by atoms with Crippen molar-refractivity contribution in [2.45, 2.75) is 64.5 Å². The van der Waals surface area contributed by atoms with Crippen LogP contribution in [0.1, 0.15) is 52.9 Å². The Balaban J connectivity index is 1.92. The molecule has 2 rings (SSSR count). The Kier molecular flexibility index (Phi) is 5.48. The number of hydrogen-bond donors (Lipinski definition) is 1. The molecule has 2 saturated heterocycles. The summed E-state index contributed by atoms with van der Waals surface area (Å²) >= 11 is 0. The lowest BCUT2D eigenvalue weighted by molar-refractivity contribution is -0.144. The Morgan fingerprint density at radius 1 is 1.32 bits per heavy atom. The molecule has 2 aliphatic rings. The van der Waals surface area contributed by atoms with E-state index >= 15 is 0 Å². The van der Waals surface area contributed by atoms with E-state index in [1.165, 1.54) is 0 Å². The fourth-order valence-corrected chi connectivity index (χ4v) is 3.62. The maximum atomic E-state index is 12.8. The summed E-state index contributed by atoms with van der Waals surface area (Å²) in [4.78, 5) is 29.0. The van der Waals surface area contributed by atoms with Crippen molar-refractivity contribution in [3.05, 3.63) is 0 Å². The van der Waals surface area contributed by atoms with Crippen LogP contribution in [-0.4, -0.2) is 59.9 Å². The quantitative estimate of drug-likeness (QED) is 0.858. The molecular weight excluding hydrogens is 278 g/mol. The van der Waals surface area contributed by atoms with Crippen molar-refractivity contribution in [1.29, 1.82) is 0 Å². The number of carbonyl (C=O) groups excluding carboxylic acids is 2. The molecule has 2 fully saturated rings. The van der Waals surface area contributed by atoms with Crippen molar-refractivity contribution >= 4 is 11.8 Å². The normalized spacial score (nSPS) is 26.5. The molecule has 0 unspecified atom stereocenters. The molecule has 5 heteroatoms. The van der Waals surface area contributed by atoms with Crippen LogP contribution in [0.5, 0.6) is 0 Å². The summed E-state index contributed by atoms with van der Waals surface area (Å²) in [5.74, 6) is 0.549. The van der Waals surface area contributed by atoms with E-state index < -0.39 is 0 Å². The van der Waals surface area contributed by atoms with Crippen LogP contribution in [0.15, 0.2) is 0 Å². The largest absolute Gasteiger partial charge is 0.343 e. The fourth-order valence-electron chi connectivity index (χ4n) is 3.62. The highest BCUT2D eigenvalue weighted by Crippen LogP contribution is 2.28. The molecule has 2 aliphatic heterocycles. The van der Waals surface area contributed by atoms with Crippen molar-refractivity contribution in [3.63, 3.8) is 0 Å². The van der Waals surface area contributed by atoms with E-state index in [0.717, 1.165) is 38.6 Å². The van der Waals surface area contributed by atoms with Gasteiger partial charge in [-0.1, -0.05) is 6.92 Å². The van der Waals surface area contributed by atoms with E-state index in [4.69, 9.17) is 0 Å². The second-order valence-electron chi connectivity index (χ2n) is 7.08. The van der Waals surface area contributed by atoms with Gasteiger partial charge >= 0.3 is 0 Å². The van der Waals surface area contributed by atoms with Crippen LogP contribution in [0.2, 0.25) is 0 Å². The number of likely N-dealkylation sites (tertiary alicyclic amines) is 1. The van der Waals surface area contributed by atoms with Crippen molar-refractivity contribution in [3.8, 4) is 0 Å². The van der Waals surface area contributed by atoms with E-state index in [1.807, 2.05) is 30.7 Å². The first-order chi connectivity index (χ1) is 10.4. The van der Waals surface area contributed by atoms with Crippen LogP contribution in [0.25, 0.3) is 0 Å². The standard InChI is InChI=1S/C17H31N3O2/c1-5-17(9-6-10-18-17)16(22)20-11-7-14(8-12-20)15(21)19(4)13(2)3/h13-14,18H,5-12H2,1-4H3/t17-/m0/s1. The number of amides is 2. The summed E-state index contributed by atoms with van der Waals surface area (Å²) < 4.78 is 0. The molecule has 0 aromatic carbocycles. The van der Waals surface area contributed by atoms with Gasteiger partial charge < -0.3 is 15.1 Å². The molecule has 0 bridgehead atoms. The van der Waals surface area contributed by atoms with Gasteiger partial charge in [-0.3, -0.25) is 9.59 Å². The van der Waals surface area contributed by atoms with Gasteiger partial charge in [0.1, 0.15) is 0 Å². The minimum Gasteiger partial charge on any atom is -0.343 e. The molecule has 5 nitrogen and oxygen atoms in total. The van der Waals surface area contributed by atoms with E-state index in [0.29, 0.717) is 13.1 Å². The van der Waals surface area contributed by atoms with E-state index in [1.54, 1.807) is 0 Å². The Morgan fingerprint density at radius 2 is 1.95 bits per heavy atom. The Bertz CT molecular complexity index is 408. The van der Waals surface area contributed by atoms with Gasteiger partial charge in [0, 0.05) is 32.1 Å². The first kappa shape index (κ1) is 17.3. The van der Waals surface area contributed by atoms with Gasteiger partial charge in [0.05, 0.1) is 5.54 Å². The van der Waals surface area contributed by atoms with Crippen LogP contribution in [-0.2, 0) is 9.59 Å². The Morgan fingerprint density at radius 3 is 2.41 bits per heavy atom. The summed E-state index contributed by atoms with van der Waals surface area (Å²) in [5, 5.41) is 3.42. The topological polar surface area (TPSA) is 52.7 Å². The second-order valence-corrected chi connectivity index (χ2v) is 7.08. The zero-order valence-corrected chi connectivity index (χ0v) is 14.5. The molecule has 0 saturated carbocycles. The molecule has 22 heavy (non-hydrogen) atoms. The SMILES string of the molecule is CC[C@@]1(C(=O)N2CCC(C(=O)N(C)C(C)C)CC2)CCCN1. The third kappa shape index (κ3) is 3.29. The molecular formula is C17H31N3O2. The predicted octanol–water partition coefficient (Wildman–Crippen LogP) is 1.62. The smallest absolute Gasteiger partial charge is 0.242 e. The molecule has 1 atom stereocenters. The number of hydrogen-bond acceptors (Lipinski definition) is 3. The van der Waals surface area contributed by atoms with Gasteiger partial charge in [-0.05, 0) is 52.5 Å². The predicted molar refractivity (Wildman–Crippen MR) is 87.5 cm³/mol. The minimum atomic E-state index is -0.342. The van der Waals surface area contributed by atoms with Crippen LogP contribution in [0.3, 0.4) is 0 Å². The molecule has 1 N–H and O–H groups in total. The van der Waals surface area contributed by atoms with Crippen LogP contribution < -0.4 is 5.32 Å². The molecule has 0 aromatic heterocycles. The molecule has 126 valence electrons. The maximum Gasteiger partial charge on any atom is 0.242 e. The molecule has 0 spiro atoms. The number of nitrogens with one attached hydrogen (secondary N) is 1. The van der Waals surface area contributed by atoms with Crippen molar-refractivity contribution in [1.82, 2.24) is 15.1 Å². The lowest BCUT2D eigenvalue weighted by atomic mass is 9.89. The highest BCUT2D eigenvalue weighted by Gasteiger charge is 2.43. The summed E-state index contributed by atoms with van der Waals surface area (Å²) in [5.41, 5.74) is -0.342. The van der Waals surface area contributed by atoms with Gasteiger partial charge in [0.25, 0.3) is 0 Å². The van der Waals surface area contributed by atoms with E-state index in [-0.39, 0.29) is 29.3 Å². The molecule has 0 radical (unpaired) electrons. The average Bonchev–Trinajstić information content (AvgIpc) is 3.03. The lowest BCUT2D eigenvalue weighted by Crippen LogP contribution is -2.56. The zero-order chi connectivity index (χ0) is 16.3. The van der Waals surface area contributed by atoms with Crippen LogP contribution >= 0.6 is 0 Å². The van der Waals surface area contributed by atoms with Crippen molar-refractivity contribution in [2.75, 3.05) is 26.7 Å². The van der Waals surface area contributed by atoms with Gasteiger partial charge in [0.15, 0.2) is 0 Å². The number of rotatable bonds is 4. The first-order valence-corrected chi connectivity index (χ1v) is 8.72. The lowest BCUT2D eigenvalue weighted by Gasteiger charge is -2.39. The summed E-state index contributed by atoms with van der Waals surface area (Å²) in [7, 11) is 1.87. The highest BCUT2D eigenvalue weighted by atomic mass is 16.2. The van der Waals surface area contributed by atoms with E-state index in [9.17, 15) is 9.59 Å². The number of nitrogens with zero attached hydrogens (tertiary/aromatic N) is 2. The number of carbonyl (C=O) groups is 2.